The smallest absolute Gasteiger partial charge is 0.408 e. The molecule has 1 amide bonds. The summed E-state index contributed by atoms with van der Waals surface area (Å²) >= 11 is 1.59. The standard InChI is InChI=1S/C32H40N2O4S/c1-31(2,3)38-30(36)33-28(29(35)37-23-22-34(4,5)6)24-39-32(25-16-10-7-11-17-25,26-18-12-8-13-19-26)27-20-14-9-15-21-27/h7-21,28H,22-24H2,1-6H3/p+1. The number of carbonyl (C=O) groups is 2. The number of likely N-dealkylation sites (N-methyl/N-ethyl adjacent to an activating group) is 1. The van der Waals surface area contributed by atoms with Gasteiger partial charge in [0.25, 0.3) is 0 Å². The third-order valence-corrected chi connectivity index (χ3v) is 7.63. The predicted octanol–water partition coefficient (Wildman–Crippen LogP) is 5.85. The van der Waals surface area contributed by atoms with Crippen molar-refractivity contribution < 1.29 is 23.5 Å². The first kappa shape index (κ1) is 30.3. The van der Waals surface area contributed by atoms with E-state index in [-0.39, 0.29) is 12.4 Å². The van der Waals surface area contributed by atoms with Crippen LogP contribution in [0, 0.1) is 0 Å². The van der Waals surface area contributed by atoms with Crippen LogP contribution in [-0.2, 0) is 19.0 Å². The molecule has 3 aromatic carbocycles. The highest BCUT2D eigenvalue weighted by Gasteiger charge is 2.39. The van der Waals surface area contributed by atoms with E-state index < -0.39 is 28.5 Å². The molecule has 39 heavy (non-hydrogen) atoms. The van der Waals surface area contributed by atoms with E-state index in [2.05, 4.69) is 41.7 Å². The van der Waals surface area contributed by atoms with Gasteiger partial charge in [0.1, 0.15) is 24.8 Å². The first-order valence-electron chi connectivity index (χ1n) is 13.2. The van der Waals surface area contributed by atoms with Gasteiger partial charge in [-0.05, 0) is 37.5 Å². The number of amides is 1. The number of carbonyl (C=O) groups excluding carboxylic acids is 2. The molecule has 0 saturated carbocycles. The summed E-state index contributed by atoms with van der Waals surface area (Å²) in [6.45, 7) is 6.28. The Bertz CT molecular complexity index is 1090. The maximum atomic E-state index is 13.3. The molecule has 3 aromatic rings. The summed E-state index contributed by atoms with van der Waals surface area (Å²) in [4.78, 5) is 26.1. The van der Waals surface area contributed by atoms with Gasteiger partial charge in [-0.25, -0.2) is 9.59 Å². The number of hydrogen-bond acceptors (Lipinski definition) is 5. The second-order valence-electron chi connectivity index (χ2n) is 11.5. The minimum Gasteiger partial charge on any atom is -0.458 e. The maximum Gasteiger partial charge on any atom is 0.408 e. The van der Waals surface area contributed by atoms with Crippen LogP contribution in [-0.4, -0.2) is 68.2 Å². The van der Waals surface area contributed by atoms with E-state index in [1.807, 2.05) is 75.7 Å². The zero-order valence-corrected chi connectivity index (χ0v) is 24.7. The van der Waals surface area contributed by atoms with Crippen molar-refractivity contribution in [3.05, 3.63) is 108 Å². The number of hydrogen-bond donors (Lipinski definition) is 1. The fraction of sp³-hybridized carbons (Fsp3) is 0.375. The zero-order valence-electron chi connectivity index (χ0n) is 23.8. The molecule has 208 valence electrons. The van der Waals surface area contributed by atoms with Gasteiger partial charge in [-0.1, -0.05) is 91.0 Å². The van der Waals surface area contributed by atoms with E-state index in [1.54, 1.807) is 32.5 Å². The van der Waals surface area contributed by atoms with Gasteiger partial charge in [-0.2, -0.15) is 0 Å². The van der Waals surface area contributed by atoms with Crippen molar-refractivity contribution in [3.8, 4) is 0 Å². The average Bonchev–Trinajstić information content (AvgIpc) is 2.88. The highest BCUT2D eigenvalue weighted by Crippen LogP contribution is 2.48. The molecule has 3 rings (SSSR count). The third-order valence-electron chi connectivity index (χ3n) is 5.99. The maximum absolute atomic E-state index is 13.3. The topological polar surface area (TPSA) is 64.6 Å². The molecule has 0 fully saturated rings. The Hall–Kier alpha value is -3.29. The number of ether oxygens (including phenoxy) is 2. The van der Waals surface area contributed by atoms with Crippen LogP contribution in [0.3, 0.4) is 0 Å². The van der Waals surface area contributed by atoms with Crippen LogP contribution in [0.5, 0.6) is 0 Å². The summed E-state index contributed by atoms with van der Waals surface area (Å²) in [6, 6.07) is 29.8. The Morgan fingerprint density at radius 3 is 1.62 bits per heavy atom. The van der Waals surface area contributed by atoms with Crippen LogP contribution in [0.4, 0.5) is 4.79 Å². The third kappa shape index (κ3) is 8.87. The quantitative estimate of drug-likeness (QED) is 0.185. The van der Waals surface area contributed by atoms with Gasteiger partial charge in [0.15, 0.2) is 0 Å². The summed E-state index contributed by atoms with van der Waals surface area (Å²) in [5, 5.41) is 2.79. The second kappa shape index (κ2) is 13.2. The molecule has 0 saturated heterocycles. The number of thioether (sulfide) groups is 1. The molecule has 0 spiro atoms. The Morgan fingerprint density at radius 1 is 0.795 bits per heavy atom. The lowest BCUT2D eigenvalue weighted by Gasteiger charge is -2.36. The molecule has 0 radical (unpaired) electrons. The molecular weight excluding hydrogens is 508 g/mol. The molecule has 1 unspecified atom stereocenters. The van der Waals surface area contributed by atoms with E-state index in [4.69, 9.17) is 9.47 Å². The second-order valence-corrected chi connectivity index (χ2v) is 12.7. The van der Waals surface area contributed by atoms with Crippen molar-refractivity contribution in [2.45, 2.75) is 37.2 Å². The molecule has 0 aliphatic heterocycles. The Kier molecular flexibility index (Phi) is 10.2. The lowest BCUT2D eigenvalue weighted by molar-refractivity contribution is -0.870. The van der Waals surface area contributed by atoms with Crippen molar-refractivity contribution in [3.63, 3.8) is 0 Å². The molecule has 7 heteroatoms. The zero-order chi connectivity index (χ0) is 28.5. The SMILES string of the molecule is CC(C)(C)OC(=O)NC(CSC(c1ccccc1)(c1ccccc1)c1ccccc1)C(=O)OCC[N+](C)(C)C. The Morgan fingerprint density at radius 2 is 1.23 bits per heavy atom. The normalized spacial score (nSPS) is 12.9. The Labute approximate surface area is 237 Å². The van der Waals surface area contributed by atoms with Gasteiger partial charge in [0, 0.05) is 5.75 Å². The van der Waals surface area contributed by atoms with Gasteiger partial charge in [0.05, 0.1) is 25.9 Å². The van der Waals surface area contributed by atoms with Gasteiger partial charge in [0.2, 0.25) is 0 Å². The first-order valence-corrected chi connectivity index (χ1v) is 14.2. The van der Waals surface area contributed by atoms with Crippen LogP contribution < -0.4 is 5.32 Å². The number of benzene rings is 3. The van der Waals surface area contributed by atoms with E-state index in [0.29, 0.717) is 11.0 Å². The van der Waals surface area contributed by atoms with Crippen molar-refractivity contribution >= 4 is 23.8 Å². The van der Waals surface area contributed by atoms with Gasteiger partial charge < -0.3 is 19.3 Å². The van der Waals surface area contributed by atoms with E-state index in [1.165, 1.54) is 0 Å². The summed E-state index contributed by atoms with van der Waals surface area (Å²) in [5.74, 6) is -0.217. The molecule has 1 atom stereocenters. The largest absolute Gasteiger partial charge is 0.458 e. The number of nitrogens with one attached hydrogen (secondary N) is 1. The van der Waals surface area contributed by atoms with E-state index in [0.717, 1.165) is 16.7 Å². The monoisotopic (exact) mass is 549 g/mol. The summed E-state index contributed by atoms with van der Waals surface area (Å²) < 4.78 is 11.2. The number of quaternary nitrogens is 1. The minimum absolute atomic E-state index is 0.251. The number of esters is 1. The van der Waals surface area contributed by atoms with Crippen LogP contribution in [0.1, 0.15) is 37.5 Å². The average molecular weight is 550 g/mol. The highest BCUT2D eigenvalue weighted by molar-refractivity contribution is 8.00. The molecule has 0 aromatic heterocycles. The summed E-state index contributed by atoms with van der Waals surface area (Å²) in [6.07, 6.45) is -0.651. The lowest BCUT2D eigenvalue weighted by atomic mass is 9.84. The van der Waals surface area contributed by atoms with Crippen molar-refractivity contribution in [2.75, 3.05) is 40.0 Å². The fourth-order valence-electron chi connectivity index (χ4n) is 4.12. The molecule has 0 bridgehead atoms. The van der Waals surface area contributed by atoms with Gasteiger partial charge >= 0.3 is 12.1 Å². The molecule has 6 nitrogen and oxygen atoms in total. The van der Waals surface area contributed by atoms with Crippen molar-refractivity contribution in [1.82, 2.24) is 5.32 Å². The first-order chi connectivity index (χ1) is 18.4. The minimum atomic E-state index is -0.909. The summed E-state index contributed by atoms with van der Waals surface area (Å²) in [5.41, 5.74) is 2.52. The van der Waals surface area contributed by atoms with E-state index >= 15 is 0 Å². The van der Waals surface area contributed by atoms with Crippen LogP contribution in [0.2, 0.25) is 0 Å². The number of nitrogens with zero attached hydrogens (tertiary/aromatic N) is 1. The van der Waals surface area contributed by atoms with Crippen molar-refractivity contribution in [2.24, 2.45) is 0 Å². The van der Waals surface area contributed by atoms with Crippen LogP contribution in [0.15, 0.2) is 91.0 Å². The lowest BCUT2D eigenvalue weighted by Crippen LogP contribution is -2.47. The molecule has 0 aliphatic rings. The summed E-state index contributed by atoms with van der Waals surface area (Å²) in [7, 11) is 6.11. The van der Waals surface area contributed by atoms with Gasteiger partial charge in [-0.15, -0.1) is 11.8 Å². The molecule has 0 heterocycles. The number of alkyl carbamates (subject to hydrolysis) is 1. The predicted molar refractivity (Wildman–Crippen MR) is 159 cm³/mol. The van der Waals surface area contributed by atoms with Crippen molar-refractivity contribution in [1.29, 1.82) is 0 Å². The Balaban J connectivity index is 2.00. The van der Waals surface area contributed by atoms with Crippen LogP contribution >= 0.6 is 11.8 Å². The van der Waals surface area contributed by atoms with Crippen LogP contribution in [0.25, 0.3) is 0 Å². The highest BCUT2D eigenvalue weighted by atomic mass is 32.2. The number of rotatable bonds is 11. The molecular formula is C32H41N2O4S+. The molecule has 0 aliphatic carbocycles. The van der Waals surface area contributed by atoms with Gasteiger partial charge in [-0.3, -0.25) is 0 Å². The molecule has 1 N–H and O–H groups in total. The fourth-order valence-corrected chi connectivity index (χ4v) is 5.66. The van der Waals surface area contributed by atoms with E-state index in [9.17, 15) is 9.59 Å².